The van der Waals surface area contributed by atoms with Crippen LogP contribution in [0.4, 0.5) is 0 Å². The Bertz CT molecular complexity index is 356. The summed E-state index contributed by atoms with van der Waals surface area (Å²) in [4.78, 5) is 2.62. The summed E-state index contributed by atoms with van der Waals surface area (Å²) in [5, 5.41) is 0. The molecule has 0 spiro atoms. The van der Waals surface area contributed by atoms with E-state index in [9.17, 15) is 0 Å². The van der Waals surface area contributed by atoms with E-state index in [0.717, 1.165) is 12.5 Å². The molecule has 18 heavy (non-hydrogen) atoms. The number of aryl methyl sites for hydroxylation is 1. The van der Waals surface area contributed by atoms with Crippen LogP contribution in [0.25, 0.3) is 0 Å². The SMILES string of the molecule is Cc1ccc(C(C)N2CCCC(CCN)C2)cc1. The first-order valence-electron chi connectivity index (χ1n) is 7.21. The second kappa shape index (κ2) is 6.35. The van der Waals surface area contributed by atoms with Gasteiger partial charge in [-0.05, 0) is 57.7 Å². The fraction of sp³-hybridized carbons (Fsp3) is 0.625. The van der Waals surface area contributed by atoms with Crippen molar-refractivity contribution in [1.29, 1.82) is 0 Å². The van der Waals surface area contributed by atoms with Crippen LogP contribution < -0.4 is 5.73 Å². The third-order valence-electron chi connectivity index (χ3n) is 4.23. The zero-order valence-corrected chi connectivity index (χ0v) is 11.7. The van der Waals surface area contributed by atoms with Gasteiger partial charge in [0, 0.05) is 12.6 Å². The lowest BCUT2D eigenvalue weighted by molar-refractivity contribution is 0.128. The third kappa shape index (κ3) is 3.33. The number of benzene rings is 1. The maximum atomic E-state index is 5.69. The standard InChI is InChI=1S/C16H26N2/c1-13-5-7-16(8-6-13)14(2)18-11-3-4-15(12-18)9-10-17/h5-8,14-15H,3-4,9-12,17H2,1-2H3. The molecule has 1 aliphatic heterocycles. The number of rotatable bonds is 4. The molecule has 2 N–H and O–H groups in total. The van der Waals surface area contributed by atoms with Crippen LogP contribution in [0.5, 0.6) is 0 Å². The van der Waals surface area contributed by atoms with Gasteiger partial charge in [0.1, 0.15) is 0 Å². The van der Waals surface area contributed by atoms with E-state index in [1.807, 2.05) is 0 Å². The van der Waals surface area contributed by atoms with Crippen LogP contribution >= 0.6 is 0 Å². The maximum Gasteiger partial charge on any atom is 0.0319 e. The van der Waals surface area contributed by atoms with Gasteiger partial charge in [0.2, 0.25) is 0 Å². The van der Waals surface area contributed by atoms with Crippen LogP contribution in [0.3, 0.4) is 0 Å². The van der Waals surface area contributed by atoms with E-state index in [0.29, 0.717) is 6.04 Å². The molecule has 1 heterocycles. The summed E-state index contributed by atoms with van der Waals surface area (Å²) in [6.07, 6.45) is 3.85. The second-order valence-electron chi connectivity index (χ2n) is 5.67. The molecule has 0 amide bonds. The van der Waals surface area contributed by atoms with E-state index in [1.165, 1.54) is 43.5 Å². The zero-order valence-electron chi connectivity index (χ0n) is 11.7. The molecule has 2 nitrogen and oxygen atoms in total. The highest BCUT2D eigenvalue weighted by Gasteiger charge is 2.23. The Morgan fingerprint density at radius 3 is 2.72 bits per heavy atom. The molecule has 2 unspecified atom stereocenters. The van der Waals surface area contributed by atoms with Crippen LogP contribution in [0, 0.1) is 12.8 Å². The summed E-state index contributed by atoms with van der Waals surface area (Å²) in [5.74, 6) is 0.802. The van der Waals surface area contributed by atoms with Crippen molar-refractivity contribution < 1.29 is 0 Å². The fourth-order valence-corrected chi connectivity index (χ4v) is 2.98. The molecule has 2 heteroatoms. The molecule has 0 saturated carbocycles. The molecule has 0 radical (unpaired) electrons. The molecule has 1 aromatic rings. The first-order valence-corrected chi connectivity index (χ1v) is 7.21. The molecular weight excluding hydrogens is 220 g/mol. The van der Waals surface area contributed by atoms with E-state index in [-0.39, 0.29) is 0 Å². The summed E-state index contributed by atoms with van der Waals surface area (Å²) in [6.45, 7) is 7.75. The topological polar surface area (TPSA) is 29.3 Å². The summed E-state index contributed by atoms with van der Waals surface area (Å²) in [7, 11) is 0. The highest BCUT2D eigenvalue weighted by atomic mass is 15.2. The van der Waals surface area contributed by atoms with Gasteiger partial charge >= 0.3 is 0 Å². The Morgan fingerprint density at radius 1 is 1.33 bits per heavy atom. The lowest BCUT2D eigenvalue weighted by atomic mass is 9.92. The number of nitrogens with two attached hydrogens (primary N) is 1. The average molecular weight is 246 g/mol. The van der Waals surface area contributed by atoms with Crippen molar-refractivity contribution in [3.63, 3.8) is 0 Å². The smallest absolute Gasteiger partial charge is 0.0319 e. The highest BCUT2D eigenvalue weighted by Crippen LogP contribution is 2.27. The normalized spacial score (nSPS) is 22.9. The van der Waals surface area contributed by atoms with Crippen molar-refractivity contribution in [3.05, 3.63) is 35.4 Å². The second-order valence-corrected chi connectivity index (χ2v) is 5.67. The Labute approximate surface area is 111 Å². The first kappa shape index (κ1) is 13.6. The quantitative estimate of drug-likeness (QED) is 0.884. The van der Waals surface area contributed by atoms with Gasteiger partial charge in [0.15, 0.2) is 0 Å². The van der Waals surface area contributed by atoms with Gasteiger partial charge in [0.25, 0.3) is 0 Å². The lowest BCUT2D eigenvalue weighted by Gasteiger charge is -2.37. The van der Waals surface area contributed by atoms with Crippen molar-refractivity contribution in [2.45, 2.75) is 39.2 Å². The molecule has 2 rings (SSSR count). The molecule has 2 atom stereocenters. The minimum Gasteiger partial charge on any atom is -0.330 e. The van der Waals surface area contributed by atoms with E-state index in [4.69, 9.17) is 5.73 Å². The zero-order chi connectivity index (χ0) is 13.0. The highest BCUT2D eigenvalue weighted by molar-refractivity contribution is 5.23. The Balaban J connectivity index is 1.99. The van der Waals surface area contributed by atoms with E-state index < -0.39 is 0 Å². The van der Waals surface area contributed by atoms with Gasteiger partial charge in [0.05, 0.1) is 0 Å². The van der Waals surface area contributed by atoms with Crippen LogP contribution in [-0.4, -0.2) is 24.5 Å². The predicted molar refractivity (Wildman–Crippen MR) is 77.6 cm³/mol. The van der Waals surface area contributed by atoms with Gasteiger partial charge in [-0.1, -0.05) is 29.8 Å². The van der Waals surface area contributed by atoms with Crippen LogP contribution in [0.15, 0.2) is 24.3 Å². The van der Waals surface area contributed by atoms with Crippen molar-refractivity contribution >= 4 is 0 Å². The average Bonchev–Trinajstić information content (AvgIpc) is 2.39. The molecule has 1 aromatic carbocycles. The van der Waals surface area contributed by atoms with Crippen molar-refractivity contribution in [2.75, 3.05) is 19.6 Å². The summed E-state index contributed by atoms with van der Waals surface area (Å²) >= 11 is 0. The van der Waals surface area contributed by atoms with Crippen molar-refractivity contribution in [3.8, 4) is 0 Å². The summed E-state index contributed by atoms with van der Waals surface area (Å²) in [5.41, 5.74) is 8.47. The molecule has 0 bridgehead atoms. The van der Waals surface area contributed by atoms with Gasteiger partial charge in [-0.15, -0.1) is 0 Å². The first-order chi connectivity index (χ1) is 8.70. The molecule has 0 aromatic heterocycles. The van der Waals surface area contributed by atoms with E-state index in [1.54, 1.807) is 0 Å². The number of hydrogen-bond acceptors (Lipinski definition) is 2. The van der Waals surface area contributed by atoms with Gasteiger partial charge in [-0.3, -0.25) is 4.90 Å². The van der Waals surface area contributed by atoms with Gasteiger partial charge in [-0.2, -0.15) is 0 Å². The summed E-state index contributed by atoms with van der Waals surface area (Å²) < 4.78 is 0. The Hall–Kier alpha value is -0.860. The van der Waals surface area contributed by atoms with E-state index in [2.05, 4.69) is 43.0 Å². The Morgan fingerprint density at radius 2 is 2.06 bits per heavy atom. The number of nitrogens with zero attached hydrogens (tertiary/aromatic N) is 1. The fourth-order valence-electron chi connectivity index (χ4n) is 2.98. The Kier molecular flexibility index (Phi) is 4.79. The van der Waals surface area contributed by atoms with Gasteiger partial charge in [-0.25, -0.2) is 0 Å². The summed E-state index contributed by atoms with van der Waals surface area (Å²) in [6, 6.07) is 9.51. The lowest BCUT2D eigenvalue weighted by Crippen LogP contribution is -2.37. The van der Waals surface area contributed by atoms with Crippen molar-refractivity contribution in [2.24, 2.45) is 11.7 Å². The predicted octanol–water partition coefficient (Wildman–Crippen LogP) is 3.12. The number of piperidine rings is 1. The van der Waals surface area contributed by atoms with E-state index >= 15 is 0 Å². The number of hydrogen-bond donors (Lipinski definition) is 1. The molecule has 1 fully saturated rings. The molecule has 1 saturated heterocycles. The molecule has 100 valence electrons. The van der Waals surface area contributed by atoms with Crippen LogP contribution in [0.2, 0.25) is 0 Å². The molecule has 1 aliphatic rings. The molecular formula is C16H26N2. The van der Waals surface area contributed by atoms with Gasteiger partial charge < -0.3 is 5.73 Å². The minimum absolute atomic E-state index is 0.533. The van der Waals surface area contributed by atoms with Crippen LogP contribution in [0.1, 0.15) is 43.4 Å². The largest absolute Gasteiger partial charge is 0.330 e. The number of likely N-dealkylation sites (tertiary alicyclic amines) is 1. The monoisotopic (exact) mass is 246 g/mol. The van der Waals surface area contributed by atoms with Crippen LogP contribution in [-0.2, 0) is 0 Å². The molecule has 0 aliphatic carbocycles. The third-order valence-corrected chi connectivity index (χ3v) is 4.23. The maximum absolute atomic E-state index is 5.69. The van der Waals surface area contributed by atoms with Crippen molar-refractivity contribution in [1.82, 2.24) is 4.90 Å². The minimum atomic E-state index is 0.533.